The van der Waals surface area contributed by atoms with Crippen molar-refractivity contribution >= 4 is 11.6 Å². The molecule has 0 aromatic heterocycles. The number of hydrogen-bond donors (Lipinski definition) is 0. The Bertz CT molecular complexity index is 1010. The van der Waals surface area contributed by atoms with Crippen molar-refractivity contribution in [2.75, 3.05) is 0 Å². The van der Waals surface area contributed by atoms with E-state index in [1.54, 1.807) is 24.3 Å². The second kappa shape index (κ2) is 7.40. The second-order valence-corrected chi connectivity index (χ2v) is 8.92. The average molecular weight is 399 g/mol. The monoisotopic (exact) mass is 399 g/mol. The highest BCUT2D eigenvalue weighted by atomic mass is 16.5. The number of ketones is 2. The largest absolute Gasteiger partial charge is 0.457 e. The number of fused-ring (bicyclic) bond motifs is 2. The fourth-order valence-electron chi connectivity index (χ4n) is 6.06. The van der Waals surface area contributed by atoms with Crippen molar-refractivity contribution < 1.29 is 14.3 Å². The Hall–Kier alpha value is -2.93. The molecule has 6 rings (SSSR count). The van der Waals surface area contributed by atoms with Crippen LogP contribution in [0.1, 0.15) is 55.2 Å². The minimum absolute atomic E-state index is 0.0668. The van der Waals surface area contributed by atoms with Gasteiger partial charge in [0, 0.05) is 11.8 Å². The van der Waals surface area contributed by atoms with E-state index in [2.05, 4.69) is 13.0 Å². The topological polar surface area (TPSA) is 67.2 Å². The molecule has 0 N–H and O–H groups in total. The summed E-state index contributed by atoms with van der Waals surface area (Å²) in [5, 5.41) is 8.96. The quantitative estimate of drug-likeness (QED) is 0.663. The van der Waals surface area contributed by atoms with Gasteiger partial charge in [-0.3, -0.25) is 9.59 Å². The molecule has 30 heavy (non-hydrogen) atoms. The van der Waals surface area contributed by atoms with E-state index in [0.29, 0.717) is 28.9 Å². The molecule has 4 heteroatoms. The number of aryl methyl sites for hydroxylation is 1. The van der Waals surface area contributed by atoms with E-state index in [-0.39, 0.29) is 23.4 Å². The molecule has 4 aliphatic rings. The number of benzene rings is 2. The maximum Gasteiger partial charge on any atom is 0.151 e. The highest BCUT2D eigenvalue weighted by molar-refractivity contribution is 6.16. The molecule has 4 fully saturated rings. The summed E-state index contributed by atoms with van der Waals surface area (Å²) in [6.45, 7) is 2.06. The highest BCUT2D eigenvalue weighted by Crippen LogP contribution is 2.56. The fourth-order valence-corrected chi connectivity index (χ4v) is 6.06. The molecule has 0 aliphatic heterocycles. The first-order chi connectivity index (χ1) is 14.6. The van der Waals surface area contributed by atoms with Gasteiger partial charge in [0.1, 0.15) is 17.4 Å². The molecule has 4 saturated carbocycles. The number of ether oxygens (including phenoxy) is 1. The van der Waals surface area contributed by atoms with E-state index >= 15 is 0 Å². The molecule has 2 aromatic rings. The van der Waals surface area contributed by atoms with Gasteiger partial charge >= 0.3 is 0 Å². The third-order valence-electron chi connectivity index (χ3n) is 7.47. The molecule has 0 heterocycles. The predicted octanol–water partition coefficient (Wildman–Crippen LogP) is 5.20. The Labute approximate surface area is 176 Å². The molecule has 2 unspecified atom stereocenters. The van der Waals surface area contributed by atoms with Gasteiger partial charge in [0.15, 0.2) is 11.6 Å². The van der Waals surface area contributed by atoms with E-state index in [4.69, 9.17) is 10.00 Å². The average Bonchev–Trinajstić information content (AvgIpc) is 3.07. The summed E-state index contributed by atoms with van der Waals surface area (Å²) in [7, 11) is 0. The summed E-state index contributed by atoms with van der Waals surface area (Å²) in [5.41, 5.74) is 2.44. The Morgan fingerprint density at radius 3 is 2.00 bits per heavy atom. The first kappa shape index (κ1) is 19.1. The lowest BCUT2D eigenvalue weighted by Crippen LogP contribution is -2.41. The predicted molar refractivity (Wildman–Crippen MR) is 112 cm³/mol. The minimum Gasteiger partial charge on any atom is -0.457 e. The standard InChI is InChI=1S/C26H25NO3/c1-2-16-9-12-20(30-19-10-3-15(14-27)4-11-19)13-21(16)24-25(28)22-17-5-6-18(8-7-17)23(22)26(24)29/h3-4,9-13,17-18,22-24H,2,5-8H2,1H3. The number of carbonyl (C=O) groups excluding carboxylic acids is 2. The van der Waals surface area contributed by atoms with E-state index in [1.807, 2.05) is 18.2 Å². The molecular weight excluding hydrogens is 374 g/mol. The van der Waals surface area contributed by atoms with Crippen LogP contribution >= 0.6 is 0 Å². The summed E-state index contributed by atoms with van der Waals surface area (Å²) < 4.78 is 5.99. The first-order valence-corrected chi connectivity index (χ1v) is 11.0. The summed E-state index contributed by atoms with van der Waals surface area (Å²) >= 11 is 0. The number of Topliss-reactive ketones (excluding diaryl/α,β-unsaturated/α-hetero) is 2. The van der Waals surface area contributed by atoms with Gasteiger partial charge in [-0.25, -0.2) is 0 Å². The van der Waals surface area contributed by atoms with Gasteiger partial charge in [0.2, 0.25) is 0 Å². The van der Waals surface area contributed by atoms with Gasteiger partial charge in [-0.05, 0) is 91.5 Å². The van der Waals surface area contributed by atoms with Crippen molar-refractivity contribution in [3.8, 4) is 17.6 Å². The number of rotatable bonds is 4. The number of carbonyl (C=O) groups is 2. The summed E-state index contributed by atoms with van der Waals surface area (Å²) in [6.07, 6.45) is 5.16. The van der Waals surface area contributed by atoms with Gasteiger partial charge < -0.3 is 4.74 Å². The zero-order valence-electron chi connectivity index (χ0n) is 17.1. The zero-order valence-corrected chi connectivity index (χ0v) is 17.1. The highest BCUT2D eigenvalue weighted by Gasteiger charge is 2.59. The van der Waals surface area contributed by atoms with Crippen LogP contribution in [0.4, 0.5) is 0 Å². The van der Waals surface area contributed by atoms with Crippen LogP contribution in [0.25, 0.3) is 0 Å². The van der Waals surface area contributed by atoms with Gasteiger partial charge in [-0.15, -0.1) is 0 Å². The SMILES string of the molecule is CCc1ccc(Oc2ccc(C#N)cc2)cc1C1C(=O)C2C3CCC(CC3)C2C1=O. The Morgan fingerprint density at radius 1 is 0.900 bits per heavy atom. The van der Waals surface area contributed by atoms with E-state index in [0.717, 1.165) is 43.2 Å². The lowest BCUT2D eigenvalue weighted by atomic mass is 9.59. The van der Waals surface area contributed by atoms with Gasteiger partial charge in [-0.1, -0.05) is 13.0 Å². The maximum atomic E-state index is 13.5. The van der Waals surface area contributed by atoms with Crippen molar-refractivity contribution in [1.82, 2.24) is 0 Å². The van der Waals surface area contributed by atoms with Crippen molar-refractivity contribution in [3.05, 3.63) is 59.2 Å². The molecule has 0 radical (unpaired) electrons. The molecule has 0 saturated heterocycles. The summed E-state index contributed by atoms with van der Waals surface area (Å²) in [6, 6.07) is 14.8. The Morgan fingerprint density at radius 2 is 1.47 bits per heavy atom. The van der Waals surface area contributed by atoms with Crippen molar-refractivity contribution in [2.45, 2.75) is 44.9 Å². The van der Waals surface area contributed by atoms with Gasteiger partial charge in [0.05, 0.1) is 11.6 Å². The van der Waals surface area contributed by atoms with Crippen LogP contribution in [0.5, 0.6) is 11.5 Å². The Balaban J connectivity index is 1.49. The van der Waals surface area contributed by atoms with E-state index in [9.17, 15) is 9.59 Å². The molecule has 2 bridgehead atoms. The smallest absolute Gasteiger partial charge is 0.151 e. The fraction of sp³-hybridized carbons (Fsp3) is 0.423. The zero-order chi connectivity index (χ0) is 20.8. The third kappa shape index (κ3) is 2.96. The van der Waals surface area contributed by atoms with Gasteiger partial charge in [0.25, 0.3) is 0 Å². The summed E-state index contributed by atoms with van der Waals surface area (Å²) in [4.78, 5) is 26.9. The van der Waals surface area contributed by atoms with Crippen LogP contribution < -0.4 is 4.74 Å². The second-order valence-electron chi connectivity index (χ2n) is 8.92. The van der Waals surface area contributed by atoms with Crippen molar-refractivity contribution in [2.24, 2.45) is 23.7 Å². The van der Waals surface area contributed by atoms with Crippen molar-refractivity contribution in [1.29, 1.82) is 5.26 Å². The maximum absolute atomic E-state index is 13.5. The van der Waals surface area contributed by atoms with Crippen LogP contribution in [0, 0.1) is 35.0 Å². The van der Waals surface area contributed by atoms with Crippen LogP contribution in [0.15, 0.2) is 42.5 Å². The molecular formula is C26H25NO3. The first-order valence-electron chi connectivity index (χ1n) is 11.0. The lowest BCUT2D eigenvalue weighted by Gasteiger charge is -2.43. The van der Waals surface area contributed by atoms with Crippen LogP contribution in [-0.4, -0.2) is 11.6 Å². The van der Waals surface area contributed by atoms with E-state index in [1.165, 1.54) is 0 Å². The third-order valence-corrected chi connectivity index (χ3v) is 7.47. The molecule has 152 valence electrons. The number of nitrogens with zero attached hydrogens (tertiary/aromatic N) is 1. The van der Waals surface area contributed by atoms with Gasteiger partial charge in [-0.2, -0.15) is 5.26 Å². The number of hydrogen-bond acceptors (Lipinski definition) is 4. The normalized spacial score (nSPS) is 29.5. The summed E-state index contributed by atoms with van der Waals surface area (Å²) in [5.74, 6) is 1.54. The van der Waals surface area contributed by atoms with Crippen LogP contribution in [0.3, 0.4) is 0 Å². The molecule has 4 nitrogen and oxygen atoms in total. The molecule has 2 aromatic carbocycles. The van der Waals surface area contributed by atoms with Crippen molar-refractivity contribution in [3.63, 3.8) is 0 Å². The molecule has 0 spiro atoms. The molecule has 2 atom stereocenters. The number of nitriles is 1. The minimum atomic E-state index is -0.638. The molecule has 4 aliphatic carbocycles. The van der Waals surface area contributed by atoms with Crippen LogP contribution in [-0.2, 0) is 16.0 Å². The van der Waals surface area contributed by atoms with E-state index < -0.39 is 5.92 Å². The molecule has 0 amide bonds. The van der Waals surface area contributed by atoms with Crippen LogP contribution in [0.2, 0.25) is 0 Å². The lowest BCUT2D eigenvalue weighted by molar-refractivity contribution is -0.129. The Kier molecular flexibility index (Phi) is 4.70.